The van der Waals surface area contributed by atoms with Gasteiger partial charge in [0.25, 0.3) is 17.5 Å². The highest BCUT2D eigenvalue weighted by atomic mass is 35.5. The number of phosphoric acid groups is 1. The van der Waals surface area contributed by atoms with Crippen LogP contribution in [0.25, 0.3) is 0 Å². The van der Waals surface area contributed by atoms with E-state index in [0.29, 0.717) is 17.0 Å². The van der Waals surface area contributed by atoms with E-state index in [1.807, 2.05) is 0 Å². The Kier molecular flexibility index (Phi) is 8.34. The van der Waals surface area contributed by atoms with Crippen molar-refractivity contribution in [1.82, 2.24) is 19.3 Å². The lowest BCUT2D eigenvalue weighted by Crippen LogP contribution is -2.32. The predicted octanol–water partition coefficient (Wildman–Crippen LogP) is 3.19. The fourth-order valence-electron chi connectivity index (χ4n) is 2.92. The number of nitriles is 1. The quantitative estimate of drug-likeness (QED) is 0.296. The fourth-order valence-corrected chi connectivity index (χ4v) is 3.41. The van der Waals surface area contributed by atoms with Gasteiger partial charge in [-0.3, -0.25) is 18.7 Å². The van der Waals surface area contributed by atoms with Gasteiger partial charge in [-0.25, -0.2) is 23.0 Å². The van der Waals surface area contributed by atoms with Crippen molar-refractivity contribution in [3.05, 3.63) is 78.8 Å². The Labute approximate surface area is 212 Å². The molecule has 202 valence electrons. The van der Waals surface area contributed by atoms with Gasteiger partial charge < -0.3 is 14.5 Å². The van der Waals surface area contributed by atoms with E-state index in [0.717, 1.165) is 12.1 Å². The SMILES string of the molecule is N#Cc1cc(Cl)cc(Oc2c(C(F)(F)F)ncn(Cc3cc(C(F)F)nn(COP(=O)(O)O)c3=O)c2=O)c1. The van der Waals surface area contributed by atoms with E-state index in [1.54, 1.807) is 6.07 Å². The molecule has 0 amide bonds. The Morgan fingerprint density at radius 1 is 1.16 bits per heavy atom. The smallest absolute Gasteiger partial charge is 0.449 e. The zero-order valence-corrected chi connectivity index (χ0v) is 19.9. The van der Waals surface area contributed by atoms with Crippen LogP contribution < -0.4 is 15.9 Å². The molecule has 0 fully saturated rings. The number of nitrogens with zero attached hydrogens (tertiary/aromatic N) is 5. The Balaban J connectivity index is 2.12. The molecule has 0 saturated carbocycles. The molecule has 0 atom stereocenters. The zero-order valence-electron chi connectivity index (χ0n) is 18.3. The van der Waals surface area contributed by atoms with Crippen molar-refractivity contribution in [2.45, 2.75) is 25.9 Å². The molecule has 1 aromatic carbocycles. The molecule has 0 aliphatic rings. The maximum Gasteiger partial charge on any atom is 0.471 e. The fraction of sp³-hybridized carbons (Fsp3) is 0.211. The van der Waals surface area contributed by atoms with Gasteiger partial charge >= 0.3 is 14.0 Å². The average Bonchev–Trinajstić information content (AvgIpc) is 2.80. The second-order valence-electron chi connectivity index (χ2n) is 7.19. The summed E-state index contributed by atoms with van der Waals surface area (Å²) in [7, 11) is -5.16. The van der Waals surface area contributed by atoms with Gasteiger partial charge in [-0.15, -0.1) is 0 Å². The zero-order chi connectivity index (χ0) is 28.4. The second-order valence-corrected chi connectivity index (χ2v) is 8.87. The second kappa shape index (κ2) is 11.0. The van der Waals surface area contributed by atoms with E-state index >= 15 is 0 Å². The van der Waals surface area contributed by atoms with Crippen LogP contribution in [0.3, 0.4) is 0 Å². The summed E-state index contributed by atoms with van der Waals surface area (Å²) >= 11 is 5.81. The van der Waals surface area contributed by atoms with E-state index in [-0.39, 0.29) is 15.3 Å². The molecule has 2 N–H and O–H groups in total. The van der Waals surface area contributed by atoms with Crippen molar-refractivity contribution in [2.75, 3.05) is 0 Å². The Bertz CT molecular complexity index is 1580. The van der Waals surface area contributed by atoms with Crippen LogP contribution in [-0.2, 0) is 28.5 Å². The van der Waals surface area contributed by atoms with Crippen molar-refractivity contribution < 1.29 is 45.6 Å². The summed E-state index contributed by atoms with van der Waals surface area (Å²) in [6.45, 7) is -2.20. The van der Waals surface area contributed by atoms with Crippen LogP contribution in [0.15, 0.2) is 40.2 Å². The maximum atomic E-state index is 13.6. The van der Waals surface area contributed by atoms with Crippen LogP contribution in [0, 0.1) is 11.3 Å². The molecule has 12 nitrogen and oxygen atoms in total. The van der Waals surface area contributed by atoms with Crippen LogP contribution in [0.5, 0.6) is 11.5 Å². The lowest BCUT2D eigenvalue weighted by atomic mass is 10.2. The summed E-state index contributed by atoms with van der Waals surface area (Å²) in [6, 6.07) is 5.41. The van der Waals surface area contributed by atoms with Crippen LogP contribution in [0.1, 0.15) is 28.9 Å². The topological polar surface area (TPSA) is 170 Å². The van der Waals surface area contributed by atoms with Gasteiger partial charge in [0.1, 0.15) is 11.4 Å². The van der Waals surface area contributed by atoms with Gasteiger partial charge in [-0.1, -0.05) is 11.6 Å². The van der Waals surface area contributed by atoms with E-state index in [9.17, 15) is 36.1 Å². The van der Waals surface area contributed by atoms with Gasteiger partial charge in [0.05, 0.1) is 24.5 Å². The summed E-state index contributed by atoms with van der Waals surface area (Å²) in [4.78, 5) is 46.3. The molecule has 3 rings (SSSR count). The normalized spacial score (nSPS) is 12.0. The standard InChI is InChI=1S/C19H12ClF5N5O7P/c20-11-1-9(5-26)2-12(4-11)37-14-15(19(23,24)25)27-7-29(18(14)32)6-10-3-13(16(21)22)28-30(17(10)31)8-36-38(33,34)35/h1-4,7,16H,6,8H2,(H2,33,34,35). The molecule has 0 aliphatic carbocycles. The number of halogens is 6. The van der Waals surface area contributed by atoms with Crippen molar-refractivity contribution in [1.29, 1.82) is 5.26 Å². The van der Waals surface area contributed by atoms with Crippen molar-refractivity contribution in [2.24, 2.45) is 0 Å². The minimum absolute atomic E-state index is 0.105. The number of aromatic nitrogens is 4. The minimum Gasteiger partial charge on any atom is -0.449 e. The molecular weight excluding hydrogens is 572 g/mol. The Hall–Kier alpha value is -3.68. The van der Waals surface area contributed by atoms with Gasteiger partial charge in [0.2, 0.25) is 5.75 Å². The van der Waals surface area contributed by atoms with E-state index in [1.165, 1.54) is 6.07 Å². The first kappa shape index (κ1) is 28.9. The minimum atomic E-state index is -5.20. The maximum absolute atomic E-state index is 13.6. The highest BCUT2D eigenvalue weighted by Crippen LogP contribution is 2.36. The first-order valence-corrected chi connectivity index (χ1v) is 11.6. The summed E-state index contributed by atoms with van der Waals surface area (Å²) in [5.41, 5.74) is -6.35. The molecule has 3 aromatic rings. The number of alkyl halides is 5. The molecular formula is C19H12ClF5N5O7P. The third-order valence-electron chi connectivity index (χ3n) is 4.47. The number of ether oxygens (including phenoxy) is 1. The molecule has 2 heterocycles. The van der Waals surface area contributed by atoms with Gasteiger partial charge in [-0.05, 0) is 24.3 Å². The lowest BCUT2D eigenvalue weighted by Gasteiger charge is -2.15. The average molecular weight is 584 g/mol. The number of hydrogen-bond acceptors (Lipinski definition) is 8. The highest BCUT2D eigenvalue weighted by Gasteiger charge is 2.39. The first-order chi connectivity index (χ1) is 17.6. The predicted molar refractivity (Wildman–Crippen MR) is 115 cm³/mol. The van der Waals surface area contributed by atoms with Crippen LogP contribution >= 0.6 is 19.4 Å². The molecule has 2 aromatic heterocycles. The van der Waals surface area contributed by atoms with Crippen molar-refractivity contribution in [3.63, 3.8) is 0 Å². The number of hydrogen-bond donors (Lipinski definition) is 2. The number of benzene rings is 1. The number of phosphoric ester groups is 1. The third kappa shape index (κ3) is 7.00. The molecule has 0 unspecified atom stereocenters. The number of rotatable bonds is 8. The Morgan fingerprint density at radius 2 is 1.84 bits per heavy atom. The summed E-state index contributed by atoms with van der Waals surface area (Å²) in [5, 5.41) is 12.1. The summed E-state index contributed by atoms with van der Waals surface area (Å²) < 4.78 is 87.9. The van der Waals surface area contributed by atoms with Crippen LogP contribution in [-0.4, -0.2) is 29.1 Å². The molecule has 0 aliphatic heterocycles. The van der Waals surface area contributed by atoms with Gasteiger partial charge in [-0.2, -0.15) is 23.5 Å². The van der Waals surface area contributed by atoms with Crippen LogP contribution in [0.2, 0.25) is 5.02 Å². The van der Waals surface area contributed by atoms with Crippen molar-refractivity contribution >= 4 is 19.4 Å². The van der Waals surface area contributed by atoms with E-state index in [2.05, 4.69) is 14.6 Å². The third-order valence-corrected chi connectivity index (χ3v) is 5.14. The molecule has 19 heteroatoms. The largest absolute Gasteiger partial charge is 0.471 e. The summed E-state index contributed by atoms with van der Waals surface area (Å²) in [6.07, 6.45) is -8.11. The van der Waals surface area contributed by atoms with E-state index < -0.39 is 73.3 Å². The van der Waals surface area contributed by atoms with Crippen molar-refractivity contribution in [3.8, 4) is 17.6 Å². The lowest BCUT2D eigenvalue weighted by molar-refractivity contribution is -0.142. The molecule has 0 bridgehead atoms. The molecule has 0 saturated heterocycles. The molecule has 38 heavy (non-hydrogen) atoms. The Morgan fingerprint density at radius 3 is 2.42 bits per heavy atom. The van der Waals surface area contributed by atoms with Crippen LogP contribution in [0.4, 0.5) is 22.0 Å². The summed E-state index contributed by atoms with van der Waals surface area (Å²) in [5.74, 6) is -1.81. The monoisotopic (exact) mass is 583 g/mol. The highest BCUT2D eigenvalue weighted by molar-refractivity contribution is 7.46. The molecule has 0 radical (unpaired) electrons. The van der Waals surface area contributed by atoms with Gasteiger partial charge in [0.15, 0.2) is 12.4 Å². The van der Waals surface area contributed by atoms with E-state index in [4.69, 9.17) is 31.4 Å². The molecule has 0 spiro atoms. The van der Waals surface area contributed by atoms with Gasteiger partial charge in [0, 0.05) is 10.6 Å². The first-order valence-electron chi connectivity index (χ1n) is 9.73.